The molecule has 4 nitrogen and oxygen atoms in total. The van der Waals surface area contributed by atoms with Crippen molar-refractivity contribution in [3.05, 3.63) is 39.7 Å². The summed E-state index contributed by atoms with van der Waals surface area (Å²) in [5, 5.41) is 0. The lowest BCUT2D eigenvalue weighted by molar-refractivity contribution is 0.0565. The number of hydrogen-bond acceptors (Lipinski definition) is 4. The van der Waals surface area contributed by atoms with Gasteiger partial charge in [0.15, 0.2) is 0 Å². The predicted molar refractivity (Wildman–Crippen MR) is 70.5 cm³/mol. The highest BCUT2D eigenvalue weighted by Gasteiger charge is 2.19. The Kier molecular flexibility index (Phi) is 3.52. The number of benzene rings is 1. The predicted octanol–water partition coefficient (Wildman–Crippen LogP) is 3.51. The van der Waals surface area contributed by atoms with Crippen LogP contribution in [0.4, 0.5) is 0 Å². The van der Waals surface area contributed by atoms with Crippen LogP contribution in [0.2, 0.25) is 0 Å². The highest BCUT2D eigenvalue weighted by atomic mass is 79.9. The van der Waals surface area contributed by atoms with Crippen LogP contribution in [0.5, 0.6) is 0 Å². The van der Waals surface area contributed by atoms with E-state index in [-0.39, 0.29) is 5.76 Å². The van der Waals surface area contributed by atoms with Crippen molar-refractivity contribution in [1.29, 1.82) is 0 Å². The summed E-state index contributed by atoms with van der Waals surface area (Å²) in [5.74, 6) is 0.0532. The van der Waals surface area contributed by atoms with Gasteiger partial charge >= 0.3 is 5.97 Å². The smallest absolute Gasteiger partial charge is 0.375 e. The first kappa shape index (κ1) is 12.8. The van der Waals surface area contributed by atoms with Crippen molar-refractivity contribution < 1.29 is 13.9 Å². The largest absolute Gasteiger partial charge is 0.463 e. The molecule has 2 aromatic rings. The van der Waals surface area contributed by atoms with E-state index in [4.69, 9.17) is 4.42 Å². The van der Waals surface area contributed by atoms with Crippen LogP contribution < -0.4 is 0 Å². The Hall–Kier alpha value is -1.62. The fourth-order valence-electron chi connectivity index (χ4n) is 1.63. The monoisotopic (exact) mass is 309 g/mol. The van der Waals surface area contributed by atoms with Crippen LogP contribution >= 0.6 is 15.9 Å². The molecule has 18 heavy (non-hydrogen) atoms. The molecule has 94 valence electrons. The van der Waals surface area contributed by atoms with Crippen LogP contribution in [0.15, 0.2) is 27.1 Å². The zero-order chi connectivity index (χ0) is 13.3. The molecule has 1 heterocycles. The summed E-state index contributed by atoms with van der Waals surface area (Å²) in [6.45, 7) is 3.67. The average Bonchev–Trinajstić information content (AvgIpc) is 2.73. The third kappa shape index (κ3) is 2.18. The minimum absolute atomic E-state index is 0.145. The molecule has 0 aliphatic heterocycles. The number of rotatable bonds is 2. The Balaban J connectivity index is 2.53. The molecule has 0 saturated heterocycles. The molecule has 0 aliphatic rings. The standard InChI is InChI=1S/C13H12BrNO3/c1-7-9(5-4-6-10(7)14)12-15-8(2)11(18-12)13(16)17-3/h4-6H,1-3H3. The van der Waals surface area contributed by atoms with Gasteiger partial charge in [0.25, 0.3) is 0 Å². The summed E-state index contributed by atoms with van der Waals surface area (Å²) in [4.78, 5) is 15.7. The van der Waals surface area contributed by atoms with Crippen molar-refractivity contribution in [1.82, 2.24) is 4.98 Å². The molecule has 0 aliphatic carbocycles. The molecule has 0 bridgehead atoms. The number of ether oxygens (including phenoxy) is 1. The molecule has 1 aromatic heterocycles. The molecule has 2 rings (SSSR count). The summed E-state index contributed by atoms with van der Waals surface area (Å²) in [6, 6.07) is 5.73. The second-order valence-corrected chi connectivity index (χ2v) is 4.69. The van der Waals surface area contributed by atoms with E-state index >= 15 is 0 Å². The molecular formula is C13H12BrNO3. The van der Waals surface area contributed by atoms with Crippen molar-refractivity contribution in [2.45, 2.75) is 13.8 Å². The van der Waals surface area contributed by atoms with E-state index in [9.17, 15) is 4.79 Å². The van der Waals surface area contributed by atoms with Gasteiger partial charge in [-0.2, -0.15) is 0 Å². The first-order valence-corrected chi connectivity index (χ1v) is 6.15. The van der Waals surface area contributed by atoms with Gasteiger partial charge in [0.05, 0.1) is 12.8 Å². The molecule has 0 N–H and O–H groups in total. The topological polar surface area (TPSA) is 52.3 Å². The van der Waals surface area contributed by atoms with Gasteiger partial charge in [-0.25, -0.2) is 9.78 Å². The fourth-order valence-corrected chi connectivity index (χ4v) is 2.00. The number of carbonyl (C=O) groups is 1. The van der Waals surface area contributed by atoms with Crippen molar-refractivity contribution in [2.75, 3.05) is 7.11 Å². The van der Waals surface area contributed by atoms with Gasteiger partial charge in [0.2, 0.25) is 11.7 Å². The fraction of sp³-hybridized carbons (Fsp3) is 0.231. The van der Waals surface area contributed by atoms with Gasteiger partial charge in [-0.05, 0) is 31.5 Å². The molecule has 1 aromatic carbocycles. The van der Waals surface area contributed by atoms with E-state index in [0.717, 1.165) is 15.6 Å². The van der Waals surface area contributed by atoms with E-state index in [1.54, 1.807) is 6.92 Å². The van der Waals surface area contributed by atoms with Gasteiger partial charge in [0, 0.05) is 10.0 Å². The summed E-state index contributed by atoms with van der Waals surface area (Å²) >= 11 is 3.45. The van der Waals surface area contributed by atoms with Gasteiger partial charge in [-0.15, -0.1) is 0 Å². The summed E-state index contributed by atoms with van der Waals surface area (Å²) < 4.78 is 11.1. The van der Waals surface area contributed by atoms with Crippen molar-refractivity contribution in [3.8, 4) is 11.5 Å². The zero-order valence-electron chi connectivity index (χ0n) is 10.3. The number of halogens is 1. The van der Waals surface area contributed by atoms with E-state index in [2.05, 4.69) is 25.7 Å². The molecule has 0 radical (unpaired) electrons. The second-order valence-electron chi connectivity index (χ2n) is 3.84. The highest BCUT2D eigenvalue weighted by Crippen LogP contribution is 2.29. The third-order valence-corrected chi connectivity index (χ3v) is 3.52. The van der Waals surface area contributed by atoms with Crippen LogP contribution in [0.25, 0.3) is 11.5 Å². The number of carbonyl (C=O) groups excluding carboxylic acids is 1. The number of aryl methyl sites for hydroxylation is 1. The SMILES string of the molecule is COC(=O)c1oc(-c2cccc(Br)c2C)nc1C. The Morgan fingerprint density at radius 2 is 2.11 bits per heavy atom. The number of nitrogens with zero attached hydrogens (tertiary/aromatic N) is 1. The normalized spacial score (nSPS) is 10.4. The Bertz CT molecular complexity index is 604. The average molecular weight is 310 g/mol. The summed E-state index contributed by atoms with van der Waals surface area (Å²) in [7, 11) is 1.31. The number of aromatic nitrogens is 1. The van der Waals surface area contributed by atoms with Crippen LogP contribution in [-0.2, 0) is 4.74 Å². The van der Waals surface area contributed by atoms with Crippen LogP contribution in [0, 0.1) is 13.8 Å². The Labute approximate surface area is 113 Å². The number of methoxy groups -OCH3 is 1. The molecule has 0 fully saturated rings. The molecule has 0 atom stereocenters. The Morgan fingerprint density at radius 3 is 2.78 bits per heavy atom. The maximum absolute atomic E-state index is 11.5. The molecule has 0 spiro atoms. The number of esters is 1. The summed E-state index contributed by atoms with van der Waals surface area (Å²) in [5.41, 5.74) is 2.38. The second kappa shape index (κ2) is 4.94. The van der Waals surface area contributed by atoms with Gasteiger partial charge < -0.3 is 9.15 Å². The van der Waals surface area contributed by atoms with Crippen molar-refractivity contribution >= 4 is 21.9 Å². The first-order valence-electron chi connectivity index (χ1n) is 5.35. The maximum atomic E-state index is 11.5. The van der Waals surface area contributed by atoms with Crippen LogP contribution in [-0.4, -0.2) is 18.1 Å². The lowest BCUT2D eigenvalue weighted by Gasteiger charge is -2.02. The minimum atomic E-state index is -0.515. The lowest BCUT2D eigenvalue weighted by atomic mass is 10.1. The number of hydrogen-bond donors (Lipinski definition) is 0. The van der Waals surface area contributed by atoms with Gasteiger partial charge in [-0.1, -0.05) is 22.0 Å². The van der Waals surface area contributed by atoms with Crippen molar-refractivity contribution in [2.24, 2.45) is 0 Å². The van der Waals surface area contributed by atoms with Gasteiger partial charge in [0.1, 0.15) is 0 Å². The third-order valence-electron chi connectivity index (χ3n) is 2.67. The van der Waals surface area contributed by atoms with Gasteiger partial charge in [-0.3, -0.25) is 0 Å². The number of oxazole rings is 1. The highest BCUT2D eigenvalue weighted by molar-refractivity contribution is 9.10. The quantitative estimate of drug-likeness (QED) is 0.797. The molecule has 5 heteroatoms. The van der Waals surface area contributed by atoms with E-state index in [1.807, 2.05) is 25.1 Å². The molecule has 0 amide bonds. The maximum Gasteiger partial charge on any atom is 0.375 e. The van der Waals surface area contributed by atoms with Crippen LogP contribution in [0.3, 0.4) is 0 Å². The van der Waals surface area contributed by atoms with Crippen molar-refractivity contribution in [3.63, 3.8) is 0 Å². The molecular weight excluding hydrogens is 298 g/mol. The minimum Gasteiger partial charge on any atom is -0.463 e. The van der Waals surface area contributed by atoms with E-state index in [0.29, 0.717) is 11.6 Å². The first-order chi connectivity index (χ1) is 8.54. The van der Waals surface area contributed by atoms with Crippen LogP contribution in [0.1, 0.15) is 21.8 Å². The van der Waals surface area contributed by atoms with E-state index < -0.39 is 5.97 Å². The lowest BCUT2D eigenvalue weighted by Crippen LogP contribution is -2.00. The molecule has 0 saturated carbocycles. The zero-order valence-corrected chi connectivity index (χ0v) is 11.9. The summed E-state index contributed by atoms with van der Waals surface area (Å²) in [6.07, 6.45) is 0. The Morgan fingerprint density at radius 1 is 1.39 bits per heavy atom. The molecule has 0 unspecified atom stereocenters. The van der Waals surface area contributed by atoms with E-state index in [1.165, 1.54) is 7.11 Å².